The predicted molar refractivity (Wildman–Crippen MR) is 91.2 cm³/mol. The summed E-state index contributed by atoms with van der Waals surface area (Å²) >= 11 is 0. The maximum Gasteiger partial charge on any atom is 0.254 e. The number of fused-ring (bicyclic) bond motifs is 1. The van der Waals surface area contributed by atoms with Crippen molar-refractivity contribution in [2.24, 2.45) is 0 Å². The van der Waals surface area contributed by atoms with Gasteiger partial charge in [-0.1, -0.05) is 0 Å². The van der Waals surface area contributed by atoms with Crippen LogP contribution in [0.5, 0.6) is 0 Å². The molecule has 8 heteroatoms. The fourth-order valence-electron chi connectivity index (χ4n) is 3.37. The third kappa shape index (κ3) is 2.64. The molecule has 0 radical (unpaired) electrons. The summed E-state index contributed by atoms with van der Waals surface area (Å²) in [4.78, 5) is 13.2. The van der Waals surface area contributed by atoms with Gasteiger partial charge in [0.2, 0.25) is 0 Å². The van der Waals surface area contributed by atoms with Gasteiger partial charge in [-0.05, 0) is 31.9 Å². The van der Waals surface area contributed by atoms with Gasteiger partial charge in [-0.15, -0.1) is 5.10 Å². The zero-order valence-corrected chi connectivity index (χ0v) is 13.9. The van der Waals surface area contributed by atoms with Gasteiger partial charge in [0.15, 0.2) is 5.82 Å². The standard InChI is InChI=1S/C16H20N8/c1-12-9-15(24-16(20-12)17-11-19-24)22(2)10-13-5-4-8-23(13)14-6-3-7-18-21-14/h3,6-7,9,11,13H,4-5,8,10H2,1-2H3. The highest BCUT2D eigenvalue weighted by molar-refractivity contribution is 5.48. The average molecular weight is 324 g/mol. The number of rotatable bonds is 4. The van der Waals surface area contributed by atoms with Gasteiger partial charge in [0.1, 0.15) is 12.1 Å². The van der Waals surface area contributed by atoms with Crippen LogP contribution in [0.15, 0.2) is 30.7 Å². The first-order chi connectivity index (χ1) is 11.7. The highest BCUT2D eigenvalue weighted by Gasteiger charge is 2.27. The Kier molecular flexibility index (Phi) is 3.72. The highest BCUT2D eigenvalue weighted by atomic mass is 15.4. The van der Waals surface area contributed by atoms with Gasteiger partial charge in [0, 0.05) is 44.1 Å². The summed E-state index contributed by atoms with van der Waals surface area (Å²) in [5.41, 5.74) is 0.939. The molecule has 0 bridgehead atoms. The van der Waals surface area contributed by atoms with Crippen molar-refractivity contribution in [1.29, 1.82) is 0 Å². The fraction of sp³-hybridized carbons (Fsp3) is 0.438. The lowest BCUT2D eigenvalue weighted by molar-refractivity contribution is 0.638. The first-order valence-corrected chi connectivity index (χ1v) is 8.15. The number of nitrogens with zero attached hydrogens (tertiary/aromatic N) is 8. The Morgan fingerprint density at radius 1 is 1.38 bits per heavy atom. The van der Waals surface area contributed by atoms with Crippen LogP contribution in [0.4, 0.5) is 11.6 Å². The predicted octanol–water partition coefficient (Wildman–Crippen LogP) is 1.33. The van der Waals surface area contributed by atoms with E-state index in [-0.39, 0.29) is 0 Å². The molecule has 8 nitrogen and oxygen atoms in total. The molecule has 1 aliphatic heterocycles. The van der Waals surface area contributed by atoms with Crippen LogP contribution >= 0.6 is 0 Å². The van der Waals surface area contributed by atoms with E-state index in [1.165, 1.54) is 6.42 Å². The molecule has 3 aromatic rings. The van der Waals surface area contributed by atoms with Crippen molar-refractivity contribution >= 4 is 17.4 Å². The molecule has 1 fully saturated rings. The van der Waals surface area contributed by atoms with Crippen LogP contribution in [0.25, 0.3) is 5.78 Å². The highest BCUT2D eigenvalue weighted by Crippen LogP contribution is 2.25. The van der Waals surface area contributed by atoms with Crippen LogP contribution in [0.2, 0.25) is 0 Å². The van der Waals surface area contributed by atoms with Crippen LogP contribution in [-0.2, 0) is 0 Å². The lowest BCUT2D eigenvalue weighted by atomic mass is 10.2. The van der Waals surface area contributed by atoms with Gasteiger partial charge in [0.25, 0.3) is 5.78 Å². The quantitative estimate of drug-likeness (QED) is 0.716. The van der Waals surface area contributed by atoms with Gasteiger partial charge in [-0.25, -0.2) is 4.98 Å². The van der Waals surface area contributed by atoms with Crippen LogP contribution in [-0.4, -0.2) is 56.0 Å². The van der Waals surface area contributed by atoms with Crippen LogP contribution in [0.3, 0.4) is 0 Å². The third-order valence-electron chi connectivity index (χ3n) is 4.47. The Morgan fingerprint density at radius 2 is 2.29 bits per heavy atom. The molecule has 0 aromatic carbocycles. The number of aryl methyl sites for hydroxylation is 1. The Labute approximate surface area is 140 Å². The van der Waals surface area contributed by atoms with E-state index in [1.54, 1.807) is 17.0 Å². The van der Waals surface area contributed by atoms with Crippen molar-refractivity contribution in [1.82, 2.24) is 29.8 Å². The van der Waals surface area contributed by atoms with E-state index in [9.17, 15) is 0 Å². The molecule has 1 unspecified atom stereocenters. The van der Waals surface area contributed by atoms with E-state index in [0.717, 1.165) is 36.8 Å². The molecule has 24 heavy (non-hydrogen) atoms. The summed E-state index contributed by atoms with van der Waals surface area (Å²) in [6.45, 7) is 3.88. The van der Waals surface area contributed by atoms with E-state index in [2.05, 4.69) is 42.1 Å². The van der Waals surface area contributed by atoms with E-state index >= 15 is 0 Å². The Balaban J connectivity index is 1.59. The van der Waals surface area contributed by atoms with Crippen LogP contribution in [0, 0.1) is 6.92 Å². The molecule has 0 spiro atoms. The summed E-state index contributed by atoms with van der Waals surface area (Å²) in [6.07, 6.45) is 5.57. The van der Waals surface area contributed by atoms with E-state index < -0.39 is 0 Å². The summed E-state index contributed by atoms with van der Waals surface area (Å²) in [6, 6.07) is 6.41. The maximum atomic E-state index is 4.41. The minimum Gasteiger partial charge on any atom is -0.357 e. The van der Waals surface area contributed by atoms with E-state index in [4.69, 9.17) is 0 Å². The molecular formula is C16H20N8. The monoisotopic (exact) mass is 324 g/mol. The molecule has 4 rings (SSSR count). The molecule has 1 aliphatic rings. The Bertz CT molecular complexity index is 830. The summed E-state index contributed by atoms with van der Waals surface area (Å²) in [7, 11) is 2.09. The zero-order valence-electron chi connectivity index (χ0n) is 13.9. The fourth-order valence-corrected chi connectivity index (χ4v) is 3.37. The van der Waals surface area contributed by atoms with Crippen LogP contribution in [0.1, 0.15) is 18.5 Å². The second kappa shape index (κ2) is 6.03. The Hall–Kier alpha value is -2.77. The number of hydrogen-bond acceptors (Lipinski definition) is 7. The summed E-state index contributed by atoms with van der Waals surface area (Å²) in [5, 5.41) is 12.6. The molecule has 1 atom stereocenters. The van der Waals surface area contributed by atoms with Crippen molar-refractivity contribution < 1.29 is 0 Å². The molecular weight excluding hydrogens is 304 g/mol. The number of likely N-dealkylation sites (N-methyl/N-ethyl adjacent to an activating group) is 1. The lowest BCUT2D eigenvalue weighted by Gasteiger charge is -2.30. The second-order valence-corrected chi connectivity index (χ2v) is 6.18. The first kappa shape index (κ1) is 14.8. The van der Waals surface area contributed by atoms with Gasteiger partial charge < -0.3 is 9.80 Å². The van der Waals surface area contributed by atoms with Gasteiger partial charge in [0.05, 0.1) is 0 Å². The minimum atomic E-state index is 0.402. The third-order valence-corrected chi connectivity index (χ3v) is 4.47. The Morgan fingerprint density at radius 3 is 3.12 bits per heavy atom. The number of anilines is 2. The lowest BCUT2D eigenvalue weighted by Crippen LogP contribution is -2.40. The summed E-state index contributed by atoms with van der Waals surface area (Å²) in [5.74, 6) is 2.58. The van der Waals surface area contributed by atoms with Gasteiger partial charge in [-0.3, -0.25) is 0 Å². The molecule has 3 aromatic heterocycles. The topological polar surface area (TPSA) is 75.3 Å². The number of aromatic nitrogens is 6. The van der Waals surface area contributed by atoms with Crippen molar-refractivity contribution in [2.75, 3.05) is 29.9 Å². The molecule has 0 aliphatic carbocycles. The zero-order chi connectivity index (χ0) is 16.5. The van der Waals surface area contributed by atoms with Crippen molar-refractivity contribution in [3.8, 4) is 0 Å². The van der Waals surface area contributed by atoms with E-state index in [0.29, 0.717) is 11.8 Å². The molecule has 0 saturated carbocycles. The summed E-state index contributed by atoms with van der Waals surface area (Å²) < 4.78 is 1.79. The van der Waals surface area contributed by atoms with Gasteiger partial charge in [-0.2, -0.15) is 19.7 Å². The molecule has 0 amide bonds. The minimum absolute atomic E-state index is 0.402. The molecule has 0 N–H and O–H groups in total. The molecule has 4 heterocycles. The van der Waals surface area contributed by atoms with Crippen LogP contribution < -0.4 is 9.80 Å². The molecule has 1 saturated heterocycles. The first-order valence-electron chi connectivity index (χ1n) is 8.15. The SMILES string of the molecule is Cc1cc(N(C)CC2CCCN2c2cccnn2)n2ncnc2n1. The average Bonchev–Trinajstić information content (AvgIpc) is 3.23. The maximum absolute atomic E-state index is 4.41. The number of hydrogen-bond donors (Lipinski definition) is 0. The normalized spacial score (nSPS) is 17.6. The molecule has 124 valence electrons. The largest absolute Gasteiger partial charge is 0.357 e. The smallest absolute Gasteiger partial charge is 0.254 e. The van der Waals surface area contributed by atoms with Crippen molar-refractivity contribution in [3.05, 3.63) is 36.4 Å². The van der Waals surface area contributed by atoms with Gasteiger partial charge >= 0.3 is 0 Å². The second-order valence-electron chi connectivity index (χ2n) is 6.18. The van der Waals surface area contributed by atoms with Crippen molar-refractivity contribution in [3.63, 3.8) is 0 Å². The van der Waals surface area contributed by atoms with Crippen molar-refractivity contribution in [2.45, 2.75) is 25.8 Å². The van der Waals surface area contributed by atoms with E-state index in [1.807, 2.05) is 25.1 Å².